The number of rotatable bonds is 8. The maximum atomic E-state index is 13.4. The lowest BCUT2D eigenvalue weighted by Crippen LogP contribution is -2.35. The summed E-state index contributed by atoms with van der Waals surface area (Å²) in [7, 11) is 0. The summed E-state index contributed by atoms with van der Waals surface area (Å²) >= 11 is 1.57. The molecule has 2 amide bonds. The van der Waals surface area contributed by atoms with Gasteiger partial charge in [-0.1, -0.05) is 42.5 Å². The van der Waals surface area contributed by atoms with E-state index in [-0.39, 0.29) is 17.9 Å². The van der Waals surface area contributed by atoms with Crippen molar-refractivity contribution in [1.29, 1.82) is 0 Å². The van der Waals surface area contributed by atoms with Gasteiger partial charge in [-0.05, 0) is 59.8 Å². The highest BCUT2D eigenvalue weighted by Crippen LogP contribution is 2.38. The number of nitrogens with one attached hydrogen (secondary N) is 3. The standard InChI is InChI=1S/C33H32N4O3S/c1-22(24-5-3-2-4-6-24)34-32(38)25-9-12-29-28(19-25)30(33(39)36-29)31(26-13-18-41-21-26)35-27-10-7-23(8-11-27)20-37-14-16-40-17-15-37/h2-13,18-19,21-22,35H,14-17,20H2,1H3,(H,34,38)(H,36,39)/t22-/m1/s1. The van der Waals surface area contributed by atoms with E-state index in [1.165, 1.54) is 5.56 Å². The van der Waals surface area contributed by atoms with Crippen LogP contribution in [0.3, 0.4) is 0 Å². The SMILES string of the molecule is C[C@@H](NC(=O)c1ccc2c(c1)C(=C(Nc1ccc(CN3CCOCC3)cc1)c1ccsc1)C(=O)N2)c1ccccc1. The molecule has 208 valence electrons. The van der Waals surface area contributed by atoms with Gasteiger partial charge in [0.2, 0.25) is 0 Å². The molecule has 1 atom stereocenters. The van der Waals surface area contributed by atoms with Crippen molar-refractivity contribution in [3.05, 3.63) is 117 Å². The molecule has 0 spiro atoms. The third-order valence-corrected chi connectivity index (χ3v) is 8.15. The molecule has 2 aliphatic heterocycles. The number of carbonyl (C=O) groups is 2. The summed E-state index contributed by atoms with van der Waals surface area (Å²) in [6, 6.07) is 25.4. The summed E-state index contributed by atoms with van der Waals surface area (Å²) in [5.41, 5.74) is 7.17. The third kappa shape index (κ3) is 6.10. The lowest BCUT2D eigenvalue weighted by molar-refractivity contribution is -0.110. The van der Waals surface area contributed by atoms with Crippen molar-refractivity contribution in [3.8, 4) is 0 Å². The molecule has 7 nitrogen and oxygen atoms in total. The number of thiophene rings is 1. The molecule has 0 bridgehead atoms. The zero-order chi connectivity index (χ0) is 28.2. The van der Waals surface area contributed by atoms with E-state index in [2.05, 4.69) is 33.0 Å². The Labute approximate surface area is 243 Å². The Morgan fingerprint density at radius 2 is 1.78 bits per heavy atom. The molecule has 0 unspecified atom stereocenters. The van der Waals surface area contributed by atoms with Crippen molar-refractivity contribution in [3.63, 3.8) is 0 Å². The number of amides is 2. The van der Waals surface area contributed by atoms with E-state index in [1.807, 2.05) is 66.2 Å². The van der Waals surface area contributed by atoms with Crippen molar-refractivity contribution >= 4 is 45.8 Å². The van der Waals surface area contributed by atoms with Crippen LogP contribution in [0.5, 0.6) is 0 Å². The topological polar surface area (TPSA) is 82.7 Å². The first-order valence-electron chi connectivity index (χ1n) is 13.8. The van der Waals surface area contributed by atoms with E-state index in [0.29, 0.717) is 28.1 Å². The number of nitrogens with zero attached hydrogens (tertiary/aromatic N) is 1. The van der Waals surface area contributed by atoms with Crippen LogP contribution in [0.4, 0.5) is 11.4 Å². The summed E-state index contributed by atoms with van der Waals surface area (Å²) < 4.78 is 5.46. The van der Waals surface area contributed by atoms with Crippen LogP contribution in [0.2, 0.25) is 0 Å². The van der Waals surface area contributed by atoms with E-state index in [1.54, 1.807) is 29.5 Å². The van der Waals surface area contributed by atoms with Crippen molar-refractivity contribution in [2.24, 2.45) is 0 Å². The number of ether oxygens (including phenoxy) is 1. The first kappa shape index (κ1) is 27.0. The molecule has 2 aliphatic rings. The summed E-state index contributed by atoms with van der Waals surface area (Å²) in [6.07, 6.45) is 0. The lowest BCUT2D eigenvalue weighted by atomic mass is 9.99. The first-order chi connectivity index (χ1) is 20.0. The van der Waals surface area contributed by atoms with Crippen LogP contribution in [0.1, 0.15) is 45.6 Å². The summed E-state index contributed by atoms with van der Waals surface area (Å²) in [5, 5.41) is 13.6. The van der Waals surface area contributed by atoms with Crippen molar-refractivity contribution in [1.82, 2.24) is 10.2 Å². The quantitative estimate of drug-likeness (QED) is 0.229. The fourth-order valence-corrected chi connectivity index (χ4v) is 5.85. The van der Waals surface area contributed by atoms with Crippen LogP contribution in [0.25, 0.3) is 11.3 Å². The summed E-state index contributed by atoms with van der Waals surface area (Å²) in [4.78, 5) is 29.0. The van der Waals surface area contributed by atoms with E-state index in [0.717, 1.165) is 49.7 Å². The maximum absolute atomic E-state index is 13.4. The second kappa shape index (κ2) is 12.1. The number of benzene rings is 3. The minimum atomic E-state index is -0.201. The molecule has 1 fully saturated rings. The van der Waals surface area contributed by atoms with Crippen molar-refractivity contribution in [2.75, 3.05) is 36.9 Å². The fourth-order valence-electron chi connectivity index (χ4n) is 5.20. The average Bonchev–Trinajstić information content (AvgIpc) is 3.65. The lowest BCUT2D eigenvalue weighted by Gasteiger charge is -2.26. The predicted molar refractivity (Wildman–Crippen MR) is 165 cm³/mol. The number of fused-ring (bicyclic) bond motifs is 1. The van der Waals surface area contributed by atoms with Gasteiger partial charge in [-0.3, -0.25) is 14.5 Å². The minimum absolute atomic E-state index is 0.152. The Kier molecular flexibility index (Phi) is 7.95. The average molecular weight is 565 g/mol. The number of hydrogen-bond donors (Lipinski definition) is 3. The number of anilines is 2. The van der Waals surface area contributed by atoms with Crippen molar-refractivity contribution < 1.29 is 14.3 Å². The van der Waals surface area contributed by atoms with Gasteiger partial charge in [-0.15, -0.1) is 0 Å². The monoisotopic (exact) mass is 564 g/mol. The number of carbonyl (C=O) groups excluding carboxylic acids is 2. The normalized spacial score (nSPS) is 17.0. The molecular weight excluding hydrogens is 532 g/mol. The highest BCUT2D eigenvalue weighted by Gasteiger charge is 2.30. The molecule has 41 heavy (non-hydrogen) atoms. The second-order valence-corrected chi connectivity index (χ2v) is 11.1. The third-order valence-electron chi connectivity index (χ3n) is 7.47. The molecule has 1 saturated heterocycles. The first-order valence-corrected chi connectivity index (χ1v) is 14.7. The van der Waals surface area contributed by atoms with Gasteiger partial charge in [-0.25, -0.2) is 0 Å². The number of hydrogen-bond acceptors (Lipinski definition) is 6. The van der Waals surface area contributed by atoms with Gasteiger partial charge >= 0.3 is 0 Å². The van der Waals surface area contributed by atoms with Crippen LogP contribution >= 0.6 is 11.3 Å². The van der Waals surface area contributed by atoms with E-state index >= 15 is 0 Å². The maximum Gasteiger partial charge on any atom is 0.258 e. The fraction of sp³-hybridized carbons (Fsp3) is 0.212. The smallest absolute Gasteiger partial charge is 0.258 e. The van der Waals surface area contributed by atoms with Gasteiger partial charge in [0.15, 0.2) is 0 Å². The Morgan fingerprint density at radius 1 is 1.00 bits per heavy atom. The highest BCUT2D eigenvalue weighted by atomic mass is 32.1. The van der Waals surface area contributed by atoms with Gasteiger partial charge in [0.1, 0.15) is 0 Å². The van der Waals surface area contributed by atoms with Crippen LogP contribution in [0.15, 0.2) is 89.6 Å². The van der Waals surface area contributed by atoms with Gasteiger partial charge in [-0.2, -0.15) is 11.3 Å². The zero-order valence-corrected chi connectivity index (χ0v) is 23.7. The summed E-state index contributed by atoms with van der Waals surface area (Å²) in [6.45, 7) is 6.27. The molecule has 0 radical (unpaired) electrons. The van der Waals surface area contributed by atoms with Crippen LogP contribution in [-0.2, 0) is 16.1 Å². The Morgan fingerprint density at radius 3 is 2.51 bits per heavy atom. The molecule has 0 saturated carbocycles. The van der Waals surface area contributed by atoms with E-state index in [9.17, 15) is 9.59 Å². The molecular formula is C33H32N4O3S. The Hall–Kier alpha value is -4.24. The largest absolute Gasteiger partial charge is 0.379 e. The van der Waals surface area contributed by atoms with E-state index in [4.69, 9.17) is 4.74 Å². The predicted octanol–water partition coefficient (Wildman–Crippen LogP) is 6.00. The molecule has 0 aliphatic carbocycles. The molecule has 3 aromatic carbocycles. The highest BCUT2D eigenvalue weighted by molar-refractivity contribution is 7.08. The van der Waals surface area contributed by atoms with Crippen LogP contribution in [-0.4, -0.2) is 43.0 Å². The molecule has 1 aromatic heterocycles. The van der Waals surface area contributed by atoms with Crippen LogP contribution in [0, 0.1) is 0 Å². The Bertz CT molecular complexity index is 1560. The molecule has 8 heteroatoms. The molecule has 6 rings (SSSR count). The minimum Gasteiger partial charge on any atom is -0.379 e. The van der Waals surface area contributed by atoms with Gasteiger partial charge in [0, 0.05) is 53.1 Å². The van der Waals surface area contributed by atoms with Gasteiger partial charge in [0.25, 0.3) is 11.8 Å². The Balaban J connectivity index is 1.28. The molecule has 3 N–H and O–H groups in total. The van der Waals surface area contributed by atoms with E-state index < -0.39 is 0 Å². The van der Waals surface area contributed by atoms with Gasteiger partial charge in [0.05, 0.1) is 30.5 Å². The molecule has 4 aromatic rings. The number of morpholine rings is 1. The van der Waals surface area contributed by atoms with Crippen LogP contribution < -0.4 is 16.0 Å². The van der Waals surface area contributed by atoms with Crippen molar-refractivity contribution in [2.45, 2.75) is 19.5 Å². The zero-order valence-electron chi connectivity index (χ0n) is 22.9. The summed E-state index contributed by atoms with van der Waals surface area (Å²) in [5.74, 6) is -0.392. The van der Waals surface area contributed by atoms with Gasteiger partial charge < -0.3 is 20.7 Å². The molecule has 3 heterocycles. The second-order valence-electron chi connectivity index (χ2n) is 10.3.